The van der Waals surface area contributed by atoms with Gasteiger partial charge in [-0.2, -0.15) is 0 Å². The van der Waals surface area contributed by atoms with Crippen LogP contribution in [0.1, 0.15) is 10.4 Å². The van der Waals surface area contributed by atoms with Crippen LogP contribution in [0.25, 0.3) is 0 Å². The Morgan fingerprint density at radius 3 is 2.46 bits per heavy atom. The zero-order valence-corrected chi connectivity index (χ0v) is 14.2. The summed E-state index contributed by atoms with van der Waals surface area (Å²) in [6.07, 6.45) is 0. The number of carbonyl (C=O) groups excluding carboxylic acids is 1. The Kier molecular flexibility index (Phi) is 5.10. The van der Waals surface area contributed by atoms with Gasteiger partial charge in [-0.3, -0.25) is 4.31 Å². The minimum Gasteiger partial charge on any atom is -0.465 e. The lowest BCUT2D eigenvalue weighted by atomic mass is 10.2. The SMILES string of the molecule is COC(=O)c1ccc(Cl)c(S(=O)(=O)N(C)c2cc(F)ccc2F)c1. The number of nitrogens with zero attached hydrogens (tertiary/aromatic N) is 1. The number of anilines is 1. The second kappa shape index (κ2) is 6.74. The van der Waals surface area contributed by atoms with E-state index in [0.717, 1.165) is 38.4 Å². The van der Waals surface area contributed by atoms with Gasteiger partial charge in [0, 0.05) is 13.1 Å². The number of methoxy groups -OCH3 is 1. The van der Waals surface area contributed by atoms with Gasteiger partial charge in [0.1, 0.15) is 16.5 Å². The van der Waals surface area contributed by atoms with Crippen LogP contribution in [0.5, 0.6) is 0 Å². The number of carbonyl (C=O) groups is 1. The van der Waals surface area contributed by atoms with Gasteiger partial charge in [-0.15, -0.1) is 0 Å². The fourth-order valence-electron chi connectivity index (χ4n) is 1.95. The molecule has 5 nitrogen and oxygen atoms in total. The average molecular weight is 376 g/mol. The van der Waals surface area contributed by atoms with Crippen LogP contribution in [0.15, 0.2) is 41.3 Å². The van der Waals surface area contributed by atoms with E-state index in [4.69, 9.17) is 11.6 Å². The number of hydrogen-bond donors (Lipinski definition) is 0. The van der Waals surface area contributed by atoms with Crippen molar-refractivity contribution in [3.63, 3.8) is 0 Å². The predicted molar refractivity (Wildman–Crippen MR) is 84.7 cm³/mol. The first kappa shape index (κ1) is 18.2. The van der Waals surface area contributed by atoms with Crippen LogP contribution in [0, 0.1) is 11.6 Å². The number of hydrogen-bond acceptors (Lipinski definition) is 4. The molecular weight excluding hydrogens is 364 g/mol. The van der Waals surface area contributed by atoms with Crippen LogP contribution in [0.4, 0.5) is 14.5 Å². The van der Waals surface area contributed by atoms with E-state index in [1.54, 1.807) is 0 Å². The van der Waals surface area contributed by atoms with Gasteiger partial charge in [-0.1, -0.05) is 11.6 Å². The third-order valence-corrected chi connectivity index (χ3v) is 5.49. The number of benzene rings is 2. The molecule has 0 radical (unpaired) electrons. The van der Waals surface area contributed by atoms with Gasteiger partial charge in [0.15, 0.2) is 0 Å². The number of sulfonamides is 1. The molecule has 0 fully saturated rings. The molecule has 2 aromatic carbocycles. The Labute approximate surface area is 142 Å². The highest BCUT2D eigenvalue weighted by Crippen LogP contribution is 2.30. The molecule has 0 bridgehead atoms. The van der Waals surface area contributed by atoms with Crippen LogP contribution in [0.3, 0.4) is 0 Å². The minimum absolute atomic E-state index is 0.0476. The Balaban J connectivity index is 2.58. The van der Waals surface area contributed by atoms with Gasteiger partial charge >= 0.3 is 5.97 Å². The summed E-state index contributed by atoms with van der Waals surface area (Å²) in [6, 6.07) is 5.92. The molecule has 24 heavy (non-hydrogen) atoms. The lowest BCUT2D eigenvalue weighted by molar-refractivity contribution is 0.0600. The van der Waals surface area contributed by atoms with E-state index in [1.807, 2.05) is 0 Å². The maximum absolute atomic E-state index is 13.8. The highest BCUT2D eigenvalue weighted by Gasteiger charge is 2.27. The highest BCUT2D eigenvalue weighted by atomic mass is 35.5. The van der Waals surface area contributed by atoms with Crippen LogP contribution >= 0.6 is 11.6 Å². The third-order valence-electron chi connectivity index (χ3n) is 3.24. The minimum atomic E-state index is -4.34. The van der Waals surface area contributed by atoms with Gasteiger partial charge in [-0.05, 0) is 30.3 Å². The summed E-state index contributed by atoms with van der Waals surface area (Å²) in [4.78, 5) is 11.1. The molecule has 9 heteroatoms. The first-order chi connectivity index (χ1) is 11.2. The molecule has 2 aromatic rings. The lowest BCUT2D eigenvalue weighted by Gasteiger charge is -2.21. The maximum Gasteiger partial charge on any atom is 0.337 e. The molecular formula is C15H12ClF2NO4S. The molecule has 0 saturated carbocycles. The van der Waals surface area contributed by atoms with Gasteiger partial charge in [0.25, 0.3) is 10.0 Å². The number of halogens is 3. The molecule has 0 heterocycles. The van der Waals surface area contributed by atoms with Crippen LogP contribution < -0.4 is 4.31 Å². The predicted octanol–water partition coefficient (Wildman–Crippen LogP) is 3.23. The van der Waals surface area contributed by atoms with Crippen molar-refractivity contribution in [1.29, 1.82) is 0 Å². The topological polar surface area (TPSA) is 63.7 Å². The smallest absolute Gasteiger partial charge is 0.337 e. The molecule has 0 aromatic heterocycles. The normalized spacial score (nSPS) is 11.2. The summed E-state index contributed by atoms with van der Waals surface area (Å²) in [5.74, 6) is -2.49. The third kappa shape index (κ3) is 3.34. The van der Waals surface area contributed by atoms with E-state index in [2.05, 4.69) is 4.74 Å². The standard InChI is InChI=1S/C15H12ClF2NO4S/c1-19(13-8-10(17)4-6-12(13)18)24(21,22)14-7-9(15(20)23-2)3-5-11(14)16/h3-8H,1-2H3. The van der Waals surface area contributed by atoms with Crippen molar-refractivity contribution >= 4 is 33.3 Å². The fraction of sp³-hybridized carbons (Fsp3) is 0.133. The molecule has 0 spiro atoms. The summed E-state index contributed by atoms with van der Waals surface area (Å²) in [7, 11) is -2.15. The first-order valence-corrected chi connectivity index (χ1v) is 8.32. The molecule has 0 atom stereocenters. The van der Waals surface area contributed by atoms with Gasteiger partial charge in [0.2, 0.25) is 0 Å². The van der Waals surface area contributed by atoms with Crippen LogP contribution in [-0.2, 0) is 14.8 Å². The van der Waals surface area contributed by atoms with E-state index in [-0.39, 0.29) is 10.6 Å². The fourth-order valence-corrected chi connectivity index (χ4v) is 3.64. The Hall–Kier alpha value is -2.19. The molecule has 0 amide bonds. The van der Waals surface area contributed by atoms with E-state index in [0.29, 0.717) is 4.31 Å². The summed E-state index contributed by atoms with van der Waals surface area (Å²) in [5, 5.41) is -0.175. The van der Waals surface area contributed by atoms with E-state index >= 15 is 0 Å². The Morgan fingerprint density at radius 1 is 1.17 bits per heavy atom. The number of ether oxygens (including phenoxy) is 1. The second-order valence-electron chi connectivity index (χ2n) is 4.71. The molecule has 0 aliphatic carbocycles. The van der Waals surface area contributed by atoms with Crippen molar-refractivity contribution in [2.75, 3.05) is 18.5 Å². The van der Waals surface area contributed by atoms with Crippen molar-refractivity contribution in [3.8, 4) is 0 Å². The molecule has 0 N–H and O–H groups in total. The van der Waals surface area contributed by atoms with Crippen molar-refractivity contribution in [3.05, 3.63) is 58.6 Å². The van der Waals surface area contributed by atoms with E-state index < -0.39 is 38.2 Å². The Bertz CT molecular complexity index is 902. The second-order valence-corrected chi connectivity index (χ2v) is 7.05. The zero-order chi connectivity index (χ0) is 18.1. The van der Waals surface area contributed by atoms with Gasteiger partial charge in [-0.25, -0.2) is 22.0 Å². The van der Waals surface area contributed by atoms with Crippen molar-refractivity contribution in [2.45, 2.75) is 4.90 Å². The molecule has 128 valence electrons. The Morgan fingerprint density at radius 2 is 1.83 bits per heavy atom. The molecule has 0 unspecified atom stereocenters. The molecule has 0 aliphatic heterocycles. The van der Waals surface area contributed by atoms with Crippen LogP contribution in [0.2, 0.25) is 5.02 Å². The van der Waals surface area contributed by atoms with E-state index in [9.17, 15) is 22.0 Å². The largest absolute Gasteiger partial charge is 0.465 e. The lowest BCUT2D eigenvalue weighted by Crippen LogP contribution is -2.28. The molecule has 0 saturated heterocycles. The van der Waals surface area contributed by atoms with Crippen LogP contribution in [-0.4, -0.2) is 28.5 Å². The number of rotatable bonds is 4. The van der Waals surface area contributed by atoms with E-state index in [1.165, 1.54) is 12.1 Å². The summed E-state index contributed by atoms with van der Waals surface area (Å²) in [6.45, 7) is 0. The highest BCUT2D eigenvalue weighted by molar-refractivity contribution is 7.93. The first-order valence-electron chi connectivity index (χ1n) is 6.50. The maximum atomic E-state index is 13.8. The molecule has 0 aliphatic rings. The molecule has 2 rings (SSSR count). The van der Waals surface area contributed by atoms with Crippen molar-refractivity contribution in [1.82, 2.24) is 0 Å². The summed E-state index contributed by atoms with van der Waals surface area (Å²) >= 11 is 5.91. The quantitative estimate of drug-likeness (QED) is 0.770. The van der Waals surface area contributed by atoms with Gasteiger partial charge < -0.3 is 4.74 Å². The monoisotopic (exact) mass is 375 g/mol. The number of esters is 1. The van der Waals surface area contributed by atoms with Crippen molar-refractivity contribution in [2.24, 2.45) is 0 Å². The van der Waals surface area contributed by atoms with Crippen molar-refractivity contribution < 1.29 is 26.7 Å². The zero-order valence-electron chi connectivity index (χ0n) is 12.6. The van der Waals surface area contributed by atoms with Gasteiger partial charge in [0.05, 0.1) is 23.4 Å². The summed E-state index contributed by atoms with van der Waals surface area (Å²) < 4.78 is 57.6. The summed E-state index contributed by atoms with van der Waals surface area (Å²) in [5.41, 5.74) is -0.539. The average Bonchev–Trinajstić information content (AvgIpc) is 2.55.